The molecule has 0 atom stereocenters. The summed E-state index contributed by atoms with van der Waals surface area (Å²) in [6, 6.07) is 6.26. The minimum Gasteiger partial charge on any atom is -0.496 e. The zero-order valence-corrected chi connectivity index (χ0v) is 15.2. The van der Waals surface area contributed by atoms with Gasteiger partial charge in [-0.05, 0) is 75.7 Å². The second kappa shape index (κ2) is 7.14. The molecule has 0 unspecified atom stereocenters. The highest BCUT2D eigenvalue weighted by atomic mass is 16.5. The van der Waals surface area contributed by atoms with E-state index in [9.17, 15) is 4.79 Å². The quantitative estimate of drug-likeness (QED) is 0.872. The highest BCUT2D eigenvalue weighted by Gasteiger charge is 2.53. The number of carbonyl (C=O) groups excluding carboxylic acids is 1. The molecule has 24 heavy (non-hydrogen) atoms. The first kappa shape index (κ1) is 17.3. The Kier molecular flexibility index (Phi) is 5.14. The molecule has 1 N–H and O–H groups in total. The molecule has 132 valence electrons. The number of amides is 1. The van der Waals surface area contributed by atoms with E-state index in [1.165, 1.54) is 6.42 Å². The summed E-state index contributed by atoms with van der Waals surface area (Å²) in [4.78, 5) is 15.3. The van der Waals surface area contributed by atoms with Gasteiger partial charge in [-0.3, -0.25) is 4.79 Å². The van der Waals surface area contributed by atoms with Crippen LogP contribution in [0.1, 0.15) is 43.2 Å². The van der Waals surface area contributed by atoms with Crippen LogP contribution in [0.5, 0.6) is 5.75 Å². The molecule has 2 fully saturated rings. The topological polar surface area (TPSA) is 41.6 Å². The van der Waals surface area contributed by atoms with Gasteiger partial charge >= 0.3 is 0 Å². The van der Waals surface area contributed by atoms with E-state index >= 15 is 0 Å². The molecule has 2 aliphatic rings. The van der Waals surface area contributed by atoms with Crippen molar-refractivity contribution in [3.63, 3.8) is 0 Å². The van der Waals surface area contributed by atoms with Gasteiger partial charge in [-0.25, -0.2) is 0 Å². The molecule has 3 rings (SSSR count). The molecule has 4 nitrogen and oxygen atoms in total. The average molecular weight is 330 g/mol. The smallest absolute Gasteiger partial charge is 0.233 e. The van der Waals surface area contributed by atoms with Crippen molar-refractivity contribution >= 4 is 5.91 Å². The fourth-order valence-corrected chi connectivity index (χ4v) is 3.94. The van der Waals surface area contributed by atoms with Crippen LogP contribution >= 0.6 is 0 Å². The predicted octanol–water partition coefficient (Wildman–Crippen LogP) is 2.88. The van der Waals surface area contributed by atoms with Gasteiger partial charge in [-0.2, -0.15) is 0 Å². The summed E-state index contributed by atoms with van der Waals surface area (Å²) in [5.74, 6) is 1.98. The van der Waals surface area contributed by atoms with Crippen molar-refractivity contribution in [2.24, 2.45) is 5.92 Å². The molecule has 0 spiro atoms. The fourth-order valence-electron chi connectivity index (χ4n) is 3.94. The number of methoxy groups -OCH3 is 1. The normalized spacial score (nSPS) is 20.0. The number of ether oxygens (including phenoxy) is 1. The van der Waals surface area contributed by atoms with Gasteiger partial charge < -0.3 is 15.0 Å². The molecule has 1 saturated heterocycles. The molecule has 1 aromatic carbocycles. The van der Waals surface area contributed by atoms with Crippen LogP contribution in [-0.2, 0) is 10.2 Å². The number of benzene rings is 1. The third kappa shape index (κ3) is 3.30. The molecular formula is C20H30N2O2. The lowest BCUT2D eigenvalue weighted by Crippen LogP contribution is -2.44. The molecule has 0 radical (unpaired) electrons. The Morgan fingerprint density at radius 1 is 1.33 bits per heavy atom. The monoisotopic (exact) mass is 330 g/mol. The van der Waals surface area contributed by atoms with Crippen molar-refractivity contribution in [2.45, 2.75) is 44.4 Å². The maximum atomic E-state index is 13.2. The van der Waals surface area contributed by atoms with Crippen molar-refractivity contribution in [3.05, 3.63) is 29.3 Å². The van der Waals surface area contributed by atoms with Gasteiger partial charge in [0.15, 0.2) is 0 Å². The molecule has 0 bridgehead atoms. The molecule has 0 aromatic heterocycles. The first-order chi connectivity index (χ1) is 11.6. The Labute approximate surface area is 145 Å². The second-order valence-corrected chi connectivity index (χ2v) is 7.39. The van der Waals surface area contributed by atoms with Crippen LogP contribution in [0.25, 0.3) is 0 Å². The Hall–Kier alpha value is -1.55. The largest absolute Gasteiger partial charge is 0.496 e. The van der Waals surface area contributed by atoms with Crippen LogP contribution in [0.3, 0.4) is 0 Å². The van der Waals surface area contributed by atoms with Crippen LogP contribution in [0, 0.1) is 12.8 Å². The number of carbonyl (C=O) groups is 1. The minimum absolute atomic E-state index is 0.279. The van der Waals surface area contributed by atoms with Crippen molar-refractivity contribution in [1.29, 1.82) is 0 Å². The van der Waals surface area contributed by atoms with Crippen molar-refractivity contribution < 1.29 is 9.53 Å². The van der Waals surface area contributed by atoms with Gasteiger partial charge in [0, 0.05) is 13.1 Å². The van der Waals surface area contributed by atoms with Crippen LogP contribution in [-0.4, -0.2) is 44.6 Å². The number of hydrogen-bond acceptors (Lipinski definition) is 3. The van der Waals surface area contributed by atoms with Gasteiger partial charge in [-0.15, -0.1) is 0 Å². The summed E-state index contributed by atoms with van der Waals surface area (Å²) >= 11 is 0. The number of likely N-dealkylation sites (tertiary alicyclic amines) is 1. The summed E-state index contributed by atoms with van der Waals surface area (Å²) in [5.41, 5.74) is 1.97. The lowest BCUT2D eigenvalue weighted by molar-refractivity contribution is -0.135. The van der Waals surface area contributed by atoms with Crippen molar-refractivity contribution in [1.82, 2.24) is 10.2 Å². The maximum absolute atomic E-state index is 13.2. The van der Waals surface area contributed by atoms with E-state index in [1.807, 2.05) is 14.0 Å². The lowest BCUT2D eigenvalue weighted by Gasteiger charge is -2.34. The van der Waals surface area contributed by atoms with E-state index in [-0.39, 0.29) is 5.41 Å². The van der Waals surface area contributed by atoms with E-state index in [0.717, 1.165) is 68.1 Å². The summed E-state index contributed by atoms with van der Waals surface area (Å²) in [6.45, 7) is 4.95. The highest BCUT2D eigenvalue weighted by Crippen LogP contribution is 2.50. The van der Waals surface area contributed by atoms with E-state index in [0.29, 0.717) is 5.91 Å². The number of aryl methyl sites for hydroxylation is 1. The Bertz CT molecular complexity index is 587. The third-order valence-electron chi connectivity index (χ3n) is 5.82. The predicted molar refractivity (Wildman–Crippen MR) is 96.5 cm³/mol. The van der Waals surface area contributed by atoms with E-state index in [4.69, 9.17) is 4.74 Å². The first-order valence-corrected chi connectivity index (χ1v) is 9.20. The Morgan fingerprint density at radius 3 is 2.62 bits per heavy atom. The number of hydrogen-bond donors (Lipinski definition) is 1. The Morgan fingerprint density at radius 2 is 2.04 bits per heavy atom. The number of nitrogens with one attached hydrogen (secondary N) is 1. The average Bonchev–Trinajstić information content (AvgIpc) is 3.42. The van der Waals surface area contributed by atoms with Crippen LogP contribution in [0.2, 0.25) is 0 Å². The van der Waals surface area contributed by atoms with Gasteiger partial charge in [0.05, 0.1) is 12.5 Å². The summed E-state index contributed by atoms with van der Waals surface area (Å²) < 4.78 is 5.45. The molecule has 1 aliphatic heterocycles. The van der Waals surface area contributed by atoms with Gasteiger partial charge in [0.1, 0.15) is 5.75 Å². The molecule has 4 heteroatoms. The first-order valence-electron chi connectivity index (χ1n) is 9.20. The van der Waals surface area contributed by atoms with E-state index in [2.05, 4.69) is 28.4 Å². The van der Waals surface area contributed by atoms with E-state index in [1.54, 1.807) is 7.11 Å². The van der Waals surface area contributed by atoms with Crippen LogP contribution < -0.4 is 10.1 Å². The third-order valence-corrected chi connectivity index (χ3v) is 5.82. The molecule has 1 aliphatic carbocycles. The molecule has 1 heterocycles. The highest BCUT2D eigenvalue weighted by molar-refractivity contribution is 5.91. The number of rotatable bonds is 6. The second-order valence-electron chi connectivity index (χ2n) is 7.39. The van der Waals surface area contributed by atoms with Crippen LogP contribution in [0.15, 0.2) is 18.2 Å². The summed E-state index contributed by atoms with van der Waals surface area (Å²) in [6.07, 6.45) is 5.44. The summed E-state index contributed by atoms with van der Waals surface area (Å²) in [5, 5.41) is 3.23. The van der Waals surface area contributed by atoms with E-state index < -0.39 is 0 Å². The van der Waals surface area contributed by atoms with Crippen molar-refractivity contribution in [2.75, 3.05) is 33.8 Å². The van der Waals surface area contributed by atoms with Gasteiger partial charge in [-0.1, -0.05) is 12.1 Å². The maximum Gasteiger partial charge on any atom is 0.233 e. The number of nitrogens with zero attached hydrogens (tertiary/aromatic N) is 1. The lowest BCUT2D eigenvalue weighted by atomic mass is 9.89. The molecular weight excluding hydrogens is 300 g/mol. The fraction of sp³-hybridized carbons (Fsp3) is 0.650. The zero-order chi connectivity index (χ0) is 17.2. The van der Waals surface area contributed by atoms with Crippen molar-refractivity contribution in [3.8, 4) is 5.75 Å². The zero-order valence-electron chi connectivity index (χ0n) is 15.2. The summed E-state index contributed by atoms with van der Waals surface area (Å²) in [7, 11) is 3.70. The Balaban J connectivity index is 1.67. The molecule has 1 aromatic rings. The molecule has 1 saturated carbocycles. The van der Waals surface area contributed by atoms with Crippen LogP contribution in [0.4, 0.5) is 0 Å². The molecule has 1 amide bonds. The SMILES string of the molecule is CNCCC1CCN(C(=O)C2(c3ccc(C)c(OC)c3)CC2)CC1. The standard InChI is InChI=1S/C20H30N2O2/c1-15-4-5-17(14-18(15)24-3)20(9-10-20)19(23)22-12-7-16(8-13-22)6-11-21-2/h4-5,14,16,21H,6-13H2,1-3H3. The number of piperidine rings is 1. The minimum atomic E-state index is -0.279. The van der Waals surface area contributed by atoms with Gasteiger partial charge in [0.25, 0.3) is 0 Å². The van der Waals surface area contributed by atoms with Gasteiger partial charge in [0.2, 0.25) is 5.91 Å².